The fraction of sp³-hybridized carbons (Fsp3) is 0.250. The summed E-state index contributed by atoms with van der Waals surface area (Å²) in [5.74, 6) is -1.04. The Labute approximate surface area is 125 Å². The fourth-order valence-corrected chi connectivity index (χ4v) is 1.82. The quantitative estimate of drug-likeness (QED) is 0.831. The van der Waals surface area contributed by atoms with Crippen LogP contribution in [-0.2, 0) is 9.53 Å². The molecule has 0 aliphatic carbocycles. The summed E-state index contributed by atoms with van der Waals surface area (Å²) >= 11 is 6.01. The van der Waals surface area contributed by atoms with Crippen molar-refractivity contribution in [2.75, 3.05) is 7.11 Å². The van der Waals surface area contributed by atoms with Crippen molar-refractivity contribution in [1.82, 2.24) is 25.5 Å². The van der Waals surface area contributed by atoms with E-state index in [2.05, 4.69) is 25.6 Å². The summed E-state index contributed by atoms with van der Waals surface area (Å²) < 4.78 is 5.93. The van der Waals surface area contributed by atoms with Gasteiger partial charge in [-0.3, -0.25) is 4.79 Å². The highest BCUT2D eigenvalue weighted by atomic mass is 35.5. The van der Waals surface area contributed by atoms with Crippen molar-refractivity contribution in [3.8, 4) is 5.69 Å². The third-order valence-corrected chi connectivity index (χ3v) is 3.04. The third kappa shape index (κ3) is 3.34. The summed E-state index contributed by atoms with van der Waals surface area (Å²) in [6.07, 6.45) is 1.39. The van der Waals surface area contributed by atoms with Gasteiger partial charge in [0.1, 0.15) is 12.4 Å². The molecule has 2 aromatic rings. The standard InChI is InChI=1S/C12H12ClN5O3/c1-7(12(20)21-2)15-11(19)9-5-8(3-4-10(9)13)18-6-14-16-17-18/h3-7H,1-2H3,(H,15,19). The minimum Gasteiger partial charge on any atom is -0.467 e. The van der Waals surface area contributed by atoms with Gasteiger partial charge in [0, 0.05) is 0 Å². The molecule has 8 nitrogen and oxygen atoms in total. The number of benzene rings is 1. The highest BCUT2D eigenvalue weighted by Crippen LogP contribution is 2.19. The molecular weight excluding hydrogens is 298 g/mol. The van der Waals surface area contributed by atoms with Crippen LogP contribution < -0.4 is 5.32 Å². The molecule has 0 saturated heterocycles. The topological polar surface area (TPSA) is 99.0 Å². The first-order chi connectivity index (χ1) is 10.0. The summed E-state index contributed by atoms with van der Waals surface area (Å²) in [5, 5.41) is 13.5. The van der Waals surface area contributed by atoms with Crippen LogP contribution >= 0.6 is 11.6 Å². The first kappa shape index (κ1) is 14.9. The van der Waals surface area contributed by atoms with E-state index >= 15 is 0 Å². The molecule has 0 bridgehead atoms. The average Bonchev–Trinajstić information content (AvgIpc) is 3.00. The van der Waals surface area contributed by atoms with Crippen molar-refractivity contribution < 1.29 is 14.3 Å². The SMILES string of the molecule is COC(=O)C(C)NC(=O)c1cc(-n2cnnn2)ccc1Cl. The molecule has 0 fully saturated rings. The van der Waals surface area contributed by atoms with Gasteiger partial charge in [0.2, 0.25) is 0 Å². The molecule has 0 spiro atoms. The number of aromatic nitrogens is 4. The molecular formula is C12H12ClN5O3. The van der Waals surface area contributed by atoms with Crippen LogP contribution in [0.5, 0.6) is 0 Å². The largest absolute Gasteiger partial charge is 0.467 e. The van der Waals surface area contributed by atoms with Crippen molar-refractivity contribution in [3.05, 3.63) is 35.1 Å². The summed E-state index contributed by atoms with van der Waals surface area (Å²) in [5.41, 5.74) is 0.778. The van der Waals surface area contributed by atoms with Gasteiger partial charge in [-0.15, -0.1) is 5.10 Å². The van der Waals surface area contributed by atoms with E-state index in [-0.39, 0.29) is 10.6 Å². The lowest BCUT2D eigenvalue weighted by Gasteiger charge is -2.13. The number of ether oxygens (including phenoxy) is 1. The predicted molar refractivity (Wildman–Crippen MR) is 73.1 cm³/mol. The Morgan fingerprint density at radius 3 is 2.81 bits per heavy atom. The number of hydrogen-bond donors (Lipinski definition) is 1. The molecule has 9 heteroatoms. The van der Waals surface area contributed by atoms with Crippen molar-refractivity contribution in [2.24, 2.45) is 0 Å². The zero-order chi connectivity index (χ0) is 15.4. The number of esters is 1. The van der Waals surface area contributed by atoms with Gasteiger partial charge in [-0.05, 0) is 35.5 Å². The van der Waals surface area contributed by atoms with Crippen molar-refractivity contribution in [2.45, 2.75) is 13.0 Å². The molecule has 1 heterocycles. The normalized spacial score (nSPS) is 11.8. The minimum absolute atomic E-state index is 0.209. The first-order valence-corrected chi connectivity index (χ1v) is 6.32. The van der Waals surface area contributed by atoms with Crippen LogP contribution in [0, 0.1) is 0 Å². The van der Waals surface area contributed by atoms with E-state index in [4.69, 9.17) is 11.6 Å². The van der Waals surface area contributed by atoms with E-state index in [0.29, 0.717) is 5.69 Å². The Hall–Kier alpha value is -2.48. The average molecular weight is 310 g/mol. The maximum Gasteiger partial charge on any atom is 0.328 e. The monoisotopic (exact) mass is 309 g/mol. The third-order valence-electron chi connectivity index (χ3n) is 2.71. The molecule has 1 atom stereocenters. The molecule has 0 saturated carbocycles. The van der Waals surface area contributed by atoms with Gasteiger partial charge in [-0.1, -0.05) is 11.6 Å². The summed E-state index contributed by atoms with van der Waals surface area (Å²) in [7, 11) is 1.25. The second kappa shape index (κ2) is 6.31. The van der Waals surface area contributed by atoms with E-state index in [1.165, 1.54) is 31.1 Å². The second-order valence-electron chi connectivity index (χ2n) is 4.14. The highest BCUT2D eigenvalue weighted by Gasteiger charge is 2.19. The molecule has 1 unspecified atom stereocenters. The zero-order valence-corrected chi connectivity index (χ0v) is 12.0. The zero-order valence-electron chi connectivity index (χ0n) is 11.3. The predicted octanol–water partition coefficient (Wildman–Crippen LogP) is 0.607. The summed E-state index contributed by atoms with van der Waals surface area (Å²) in [6.45, 7) is 1.52. The molecule has 1 amide bonds. The molecule has 21 heavy (non-hydrogen) atoms. The van der Waals surface area contributed by atoms with Gasteiger partial charge < -0.3 is 10.1 Å². The number of methoxy groups -OCH3 is 1. The Kier molecular flexibility index (Phi) is 4.49. The molecule has 0 aliphatic heterocycles. The molecule has 1 N–H and O–H groups in total. The summed E-state index contributed by atoms with van der Waals surface area (Å²) in [4.78, 5) is 23.5. The second-order valence-corrected chi connectivity index (χ2v) is 4.54. The number of nitrogens with one attached hydrogen (secondary N) is 1. The van der Waals surface area contributed by atoms with Crippen molar-refractivity contribution >= 4 is 23.5 Å². The lowest BCUT2D eigenvalue weighted by Crippen LogP contribution is -2.39. The number of hydrogen-bond acceptors (Lipinski definition) is 6. The van der Waals surface area contributed by atoms with E-state index in [1.807, 2.05) is 0 Å². The number of carbonyl (C=O) groups excluding carboxylic acids is 2. The number of tetrazole rings is 1. The van der Waals surface area contributed by atoms with E-state index in [1.54, 1.807) is 12.1 Å². The molecule has 2 rings (SSSR count). The molecule has 0 radical (unpaired) electrons. The number of nitrogens with zero attached hydrogens (tertiary/aromatic N) is 4. The molecule has 110 valence electrons. The van der Waals surface area contributed by atoms with Crippen LogP contribution in [-0.4, -0.2) is 45.2 Å². The minimum atomic E-state index is -0.782. The van der Waals surface area contributed by atoms with Crippen LogP contribution in [0.1, 0.15) is 17.3 Å². The number of amides is 1. The maximum atomic E-state index is 12.2. The Bertz CT molecular complexity index is 659. The van der Waals surface area contributed by atoms with Gasteiger partial charge in [0.15, 0.2) is 0 Å². The van der Waals surface area contributed by atoms with Crippen LogP contribution in [0.25, 0.3) is 5.69 Å². The molecule has 1 aromatic carbocycles. The Morgan fingerprint density at radius 1 is 1.43 bits per heavy atom. The van der Waals surface area contributed by atoms with Gasteiger partial charge in [-0.2, -0.15) is 0 Å². The number of rotatable bonds is 4. The lowest BCUT2D eigenvalue weighted by molar-refractivity contribution is -0.142. The highest BCUT2D eigenvalue weighted by molar-refractivity contribution is 6.34. The summed E-state index contributed by atoms with van der Waals surface area (Å²) in [6, 6.07) is 3.96. The van der Waals surface area contributed by atoms with Crippen LogP contribution in [0.4, 0.5) is 0 Å². The van der Waals surface area contributed by atoms with Gasteiger partial charge in [-0.25, -0.2) is 9.48 Å². The number of halogens is 1. The van der Waals surface area contributed by atoms with Gasteiger partial charge in [0.05, 0.1) is 23.4 Å². The van der Waals surface area contributed by atoms with Gasteiger partial charge in [0.25, 0.3) is 5.91 Å². The van der Waals surface area contributed by atoms with Crippen LogP contribution in [0.3, 0.4) is 0 Å². The van der Waals surface area contributed by atoms with E-state index < -0.39 is 17.9 Å². The fourth-order valence-electron chi connectivity index (χ4n) is 1.62. The molecule has 1 aromatic heterocycles. The number of carbonyl (C=O) groups is 2. The Balaban J connectivity index is 2.24. The molecule has 0 aliphatic rings. The van der Waals surface area contributed by atoms with Crippen LogP contribution in [0.15, 0.2) is 24.5 Å². The lowest BCUT2D eigenvalue weighted by atomic mass is 10.1. The van der Waals surface area contributed by atoms with Gasteiger partial charge >= 0.3 is 5.97 Å². The Morgan fingerprint density at radius 2 is 2.19 bits per heavy atom. The van der Waals surface area contributed by atoms with Crippen molar-refractivity contribution in [3.63, 3.8) is 0 Å². The van der Waals surface area contributed by atoms with Crippen molar-refractivity contribution in [1.29, 1.82) is 0 Å². The van der Waals surface area contributed by atoms with E-state index in [0.717, 1.165) is 0 Å². The van der Waals surface area contributed by atoms with Crippen LogP contribution in [0.2, 0.25) is 5.02 Å². The van der Waals surface area contributed by atoms with E-state index in [9.17, 15) is 9.59 Å². The first-order valence-electron chi connectivity index (χ1n) is 5.94. The maximum absolute atomic E-state index is 12.2. The smallest absolute Gasteiger partial charge is 0.328 e.